The van der Waals surface area contributed by atoms with Crippen LogP contribution in [0.4, 0.5) is 0 Å². The van der Waals surface area contributed by atoms with Crippen molar-refractivity contribution in [3.63, 3.8) is 0 Å². The first kappa shape index (κ1) is 6.13. The van der Waals surface area contributed by atoms with Gasteiger partial charge in [-0.25, -0.2) is 0 Å². The molecule has 0 saturated carbocycles. The number of hydrazine groups is 1. The molecule has 0 amide bonds. The minimum atomic E-state index is 1.51. The summed E-state index contributed by atoms with van der Waals surface area (Å²) in [7, 11) is 0. The van der Waals surface area contributed by atoms with Crippen molar-refractivity contribution in [3.8, 4) is 0 Å². The van der Waals surface area contributed by atoms with E-state index in [-0.39, 0.29) is 0 Å². The molecule has 0 aliphatic carbocycles. The zero-order valence-electron chi connectivity index (χ0n) is 3.74. The van der Waals surface area contributed by atoms with Crippen molar-refractivity contribution < 1.29 is 4.52 Å². The molecule has 4 nitrogen and oxygen atoms in total. The highest BCUT2D eigenvalue weighted by Gasteiger charge is 1.60. The average molecular weight is 101 g/mol. The van der Waals surface area contributed by atoms with Gasteiger partial charge >= 0.3 is 0 Å². The van der Waals surface area contributed by atoms with Gasteiger partial charge in [0.25, 0.3) is 0 Å². The van der Waals surface area contributed by atoms with Gasteiger partial charge in [0.1, 0.15) is 6.26 Å². The quantitative estimate of drug-likeness (QED) is 0.341. The smallest absolute Gasteiger partial charge is 0.123 e. The number of aromatic nitrogens is 1. The second kappa shape index (κ2) is 5.13. The van der Waals surface area contributed by atoms with Gasteiger partial charge in [-0.3, -0.25) is 11.7 Å². The van der Waals surface area contributed by atoms with E-state index in [1.165, 1.54) is 6.26 Å². The molecule has 4 N–H and O–H groups in total. The maximum Gasteiger partial charge on any atom is 0.123 e. The third kappa shape index (κ3) is 2.95. The van der Waals surface area contributed by atoms with Gasteiger partial charge in [-0.1, -0.05) is 5.16 Å². The molecule has 0 aliphatic rings. The Labute approximate surface area is 41.1 Å². The van der Waals surface area contributed by atoms with E-state index in [0.29, 0.717) is 0 Å². The van der Waals surface area contributed by atoms with Gasteiger partial charge in [0.15, 0.2) is 0 Å². The van der Waals surface area contributed by atoms with E-state index in [2.05, 4.69) is 21.4 Å². The highest BCUT2D eigenvalue weighted by Crippen LogP contribution is 1.72. The third-order valence-electron chi connectivity index (χ3n) is 0.347. The summed E-state index contributed by atoms with van der Waals surface area (Å²) in [5, 5.41) is 3.35. The zero-order valence-corrected chi connectivity index (χ0v) is 3.74. The van der Waals surface area contributed by atoms with Gasteiger partial charge in [-0.2, -0.15) is 0 Å². The Balaban J connectivity index is 0.000000162. The Morgan fingerprint density at radius 1 is 1.43 bits per heavy atom. The second-order valence-electron chi connectivity index (χ2n) is 0.688. The van der Waals surface area contributed by atoms with Crippen LogP contribution in [-0.4, -0.2) is 5.16 Å². The molecule has 0 radical (unpaired) electrons. The van der Waals surface area contributed by atoms with E-state index in [1.807, 2.05) is 0 Å². The van der Waals surface area contributed by atoms with E-state index in [0.717, 1.165) is 0 Å². The van der Waals surface area contributed by atoms with Crippen molar-refractivity contribution in [2.24, 2.45) is 11.7 Å². The van der Waals surface area contributed by atoms with E-state index in [1.54, 1.807) is 12.3 Å². The molecule has 4 heteroatoms. The van der Waals surface area contributed by atoms with Crippen LogP contribution < -0.4 is 11.7 Å². The molecule has 0 saturated heterocycles. The average Bonchev–Trinajstić information content (AvgIpc) is 2.23. The van der Waals surface area contributed by atoms with Gasteiger partial charge in [-0.15, -0.1) is 0 Å². The molecule has 0 unspecified atom stereocenters. The molecule has 0 aliphatic heterocycles. The molecular weight excluding hydrogens is 94.1 g/mol. The van der Waals surface area contributed by atoms with Crippen LogP contribution in [0.25, 0.3) is 0 Å². The van der Waals surface area contributed by atoms with Crippen molar-refractivity contribution in [3.05, 3.63) is 18.5 Å². The maximum absolute atomic E-state index is 4.33. The predicted molar refractivity (Wildman–Crippen MR) is 24.9 cm³/mol. The van der Waals surface area contributed by atoms with Gasteiger partial charge in [0.05, 0.1) is 6.20 Å². The fourth-order valence-corrected chi connectivity index (χ4v) is 0.176. The lowest BCUT2D eigenvalue weighted by Gasteiger charge is -1.48. The Morgan fingerprint density at radius 2 is 2.14 bits per heavy atom. The van der Waals surface area contributed by atoms with Crippen LogP contribution in [0.3, 0.4) is 0 Å². The predicted octanol–water partition coefficient (Wildman–Crippen LogP) is -0.507. The number of rotatable bonds is 0. The lowest BCUT2D eigenvalue weighted by Crippen LogP contribution is -2.02. The summed E-state index contributed by atoms with van der Waals surface area (Å²) in [5.74, 6) is 8.00. The van der Waals surface area contributed by atoms with Gasteiger partial charge in [0, 0.05) is 0 Å². The number of hydrogen-bond acceptors (Lipinski definition) is 4. The van der Waals surface area contributed by atoms with Crippen molar-refractivity contribution in [2.45, 2.75) is 0 Å². The van der Waals surface area contributed by atoms with Crippen LogP contribution in [0, 0.1) is 0 Å². The summed E-state index contributed by atoms with van der Waals surface area (Å²) in [5.41, 5.74) is 0. The molecule has 0 spiro atoms. The molecule has 0 fully saturated rings. The van der Waals surface area contributed by atoms with E-state index < -0.39 is 0 Å². The molecule has 1 aromatic heterocycles. The largest absolute Gasteiger partial charge is 0.365 e. The minimum absolute atomic E-state index is 1.51. The van der Waals surface area contributed by atoms with Crippen LogP contribution in [0.5, 0.6) is 0 Å². The monoisotopic (exact) mass is 101 g/mol. The van der Waals surface area contributed by atoms with Crippen LogP contribution in [0.2, 0.25) is 0 Å². The summed E-state index contributed by atoms with van der Waals surface area (Å²) in [6.45, 7) is 0. The lowest BCUT2D eigenvalue weighted by atomic mass is 10.8. The lowest BCUT2D eigenvalue weighted by molar-refractivity contribution is 0.420. The van der Waals surface area contributed by atoms with Gasteiger partial charge in [-0.05, 0) is 6.07 Å². The Bertz CT molecular complexity index is 66.7. The number of nitrogens with zero attached hydrogens (tertiary/aromatic N) is 1. The van der Waals surface area contributed by atoms with Crippen molar-refractivity contribution >= 4 is 0 Å². The molecule has 7 heavy (non-hydrogen) atoms. The van der Waals surface area contributed by atoms with Crippen LogP contribution in [-0.2, 0) is 0 Å². The molecule has 40 valence electrons. The normalized spacial score (nSPS) is 6.57. The fraction of sp³-hybridized carbons (Fsp3) is 0. The first-order valence-corrected chi connectivity index (χ1v) is 1.68. The highest BCUT2D eigenvalue weighted by molar-refractivity contribution is 4.67. The molecule has 0 atom stereocenters. The Kier molecular flexibility index (Phi) is 4.49. The molecule has 0 bridgehead atoms. The molecule has 0 aromatic carbocycles. The van der Waals surface area contributed by atoms with Crippen LogP contribution in [0.1, 0.15) is 0 Å². The van der Waals surface area contributed by atoms with Gasteiger partial charge < -0.3 is 4.52 Å². The topological polar surface area (TPSA) is 78.1 Å². The van der Waals surface area contributed by atoms with Crippen molar-refractivity contribution in [1.29, 1.82) is 0 Å². The van der Waals surface area contributed by atoms with E-state index in [4.69, 9.17) is 0 Å². The summed E-state index contributed by atoms with van der Waals surface area (Å²) < 4.78 is 4.33. The summed E-state index contributed by atoms with van der Waals surface area (Å²) in [4.78, 5) is 0. The molecular formula is C3H7N3O. The zero-order chi connectivity index (χ0) is 5.54. The van der Waals surface area contributed by atoms with Crippen molar-refractivity contribution in [1.82, 2.24) is 5.16 Å². The standard InChI is InChI=1S/C3H3NO.H4N2/c1-2-4-5-3-1;1-2/h1-3H;1-2H2. The third-order valence-corrected chi connectivity index (χ3v) is 0.347. The Hall–Kier alpha value is -0.870. The van der Waals surface area contributed by atoms with E-state index >= 15 is 0 Å². The SMILES string of the molecule is NN.c1cnoc1. The summed E-state index contributed by atoms with van der Waals surface area (Å²) >= 11 is 0. The molecule has 1 rings (SSSR count). The number of hydrogen-bond donors (Lipinski definition) is 2. The van der Waals surface area contributed by atoms with Crippen LogP contribution >= 0.6 is 0 Å². The Morgan fingerprint density at radius 3 is 2.29 bits per heavy atom. The van der Waals surface area contributed by atoms with E-state index in [9.17, 15) is 0 Å². The molecule has 1 heterocycles. The first-order valence-electron chi connectivity index (χ1n) is 1.68. The summed E-state index contributed by atoms with van der Waals surface area (Å²) in [6.07, 6.45) is 3.10. The highest BCUT2D eigenvalue weighted by atomic mass is 16.5. The number of nitrogens with two attached hydrogens (primary N) is 2. The fourth-order valence-electron chi connectivity index (χ4n) is 0.176. The first-order chi connectivity index (χ1) is 3.50. The maximum atomic E-state index is 4.33. The van der Waals surface area contributed by atoms with Gasteiger partial charge in [0.2, 0.25) is 0 Å². The van der Waals surface area contributed by atoms with Crippen LogP contribution in [0.15, 0.2) is 23.0 Å². The second-order valence-corrected chi connectivity index (χ2v) is 0.688. The van der Waals surface area contributed by atoms with Crippen molar-refractivity contribution in [2.75, 3.05) is 0 Å². The minimum Gasteiger partial charge on any atom is -0.365 e. The summed E-state index contributed by atoms with van der Waals surface area (Å²) in [6, 6.07) is 1.72. The molecule has 1 aromatic rings.